The number of aliphatic hydroxyl groups is 1. The molecule has 0 unspecified atom stereocenters. The van der Waals surface area contributed by atoms with Crippen LogP contribution in [-0.4, -0.2) is 77.7 Å². The molecule has 5 rings (SSSR count). The Morgan fingerprint density at radius 3 is 2.54 bits per heavy atom. The monoisotopic (exact) mass is 496 g/mol. The molecule has 3 atom stereocenters. The van der Waals surface area contributed by atoms with Crippen LogP contribution in [0.4, 0.5) is 0 Å². The lowest BCUT2D eigenvalue weighted by Crippen LogP contribution is -2.67. The maximum absolute atomic E-state index is 13.4. The van der Waals surface area contributed by atoms with Crippen molar-refractivity contribution in [2.75, 3.05) is 33.4 Å². The molecular formula is C26H32N4O4S. The molecule has 1 aromatic heterocycles. The van der Waals surface area contributed by atoms with Crippen molar-refractivity contribution >= 4 is 10.0 Å². The second kappa shape index (κ2) is 9.73. The molecule has 3 aromatic rings. The fraction of sp³-hybridized carbons (Fsp3) is 0.423. The average molecular weight is 497 g/mol. The Labute approximate surface area is 206 Å². The van der Waals surface area contributed by atoms with Crippen LogP contribution >= 0.6 is 0 Å². The number of aliphatic hydroxyl groups excluding tert-OH is 1. The molecule has 3 heterocycles. The largest absolute Gasteiger partial charge is 0.497 e. The molecule has 8 nitrogen and oxygen atoms in total. The SMILES string of the molecule is COc1cccc(-c2ccc([C@H]3[C@H](CO)N4CCCCN(S(=O)(=O)c5cn(C)cn5)C[C@@H]34)cc2)c1. The van der Waals surface area contributed by atoms with Gasteiger partial charge in [0.05, 0.1) is 20.0 Å². The van der Waals surface area contributed by atoms with Gasteiger partial charge in [0.2, 0.25) is 0 Å². The third-order valence-electron chi connectivity index (χ3n) is 7.32. The van der Waals surface area contributed by atoms with Crippen LogP contribution in [0.5, 0.6) is 5.75 Å². The van der Waals surface area contributed by atoms with Crippen LogP contribution in [0.2, 0.25) is 0 Å². The van der Waals surface area contributed by atoms with E-state index in [0.717, 1.165) is 41.8 Å². The normalized spacial score (nSPS) is 23.7. The summed E-state index contributed by atoms with van der Waals surface area (Å²) in [6.45, 7) is 1.78. The maximum atomic E-state index is 13.4. The summed E-state index contributed by atoms with van der Waals surface area (Å²) >= 11 is 0. The van der Waals surface area contributed by atoms with Gasteiger partial charge in [0.1, 0.15) is 5.75 Å². The summed E-state index contributed by atoms with van der Waals surface area (Å²) < 4.78 is 35.3. The standard InChI is InChI=1S/C26H32N4O4S/c1-28-16-25(27-18-28)35(32,33)29-12-3-4-13-30-23(15-29)26(24(30)17-31)20-10-8-19(9-11-20)21-6-5-7-22(14-21)34-2/h5-11,14,16,18,23-24,26,31H,3-4,12-13,15,17H2,1-2H3/t23-,24-,26+/m0/s1. The van der Waals surface area contributed by atoms with E-state index in [1.165, 1.54) is 6.33 Å². The second-order valence-corrected chi connectivity index (χ2v) is 11.3. The van der Waals surface area contributed by atoms with Gasteiger partial charge >= 0.3 is 0 Å². The van der Waals surface area contributed by atoms with E-state index in [1.807, 2.05) is 24.3 Å². The summed E-state index contributed by atoms with van der Waals surface area (Å²) in [7, 11) is -0.255. The maximum Gasteiger partial charge on any atom is 0.262 e. The average Bonchev–Trinajstić information content (AvgIpc) is 3.30. The molecule has 2 saturated heterocycles. The zero-order valence-electron chi connectivity index (χ0n) is 20.1. The number of hydrogen-bond donors (Lipinski definition) is 1. The van der Waals surface area contributed by atoms with E-state index in [2.05, 4.69) is 34.1 Å². The molecule has 186 valence electrons. The van der Waals surface area contributed by atoms with Crippen LogP contribution in [0, 0.1) is 0 Å². The van der Waals surface area contributed by atoms with Gasteiger partial charge in [-0.2, -0.15) is 4.31 Å². The fourth-order valence-electron chi connectivity index (χ4n) is 5.48. The molecule has 0 spiro atoms. The minimum absolute atomic E-state index is 0.00797. The second-order valence-electron chi connectivity index (χ2n) is 9.38. The summed E-state index contributed by atoms with van der Waals surface area (Å²) in [5, 5.41) is 10.3. The van der Waals surface area contributed by atoms with Crippen molar-refractivity contribution in [3.05, 3.63) is 66.6 Å². The van der Waals surface area contributed by atoms with E-state index < -0.39 is 10.0 Å². The fourth-order valence-corrected chi connectivity index (χ4v) is 6.94. The van der Waals surface area contributed by atoms with Crippen molar-refractivity contribution in [1.29, 1.82) is 0 Å². The zero-order valence-corrected chi connectivity index (χ0v) is 20.9. The lowest BCUT2D eigenvalue weighted by atomic mass is 9.74. The molecule has 0 saturated carbocycles. The lowest BCUT2D eigenvalue weighted by Gasteiger charge is -2.57. The van der Waals surface area contributed by atoms with E-state index >= 15 is 0 Å². The van der Waals surface area contributed by atoms with Gasteiger partial charge in [0.25, 0.3) is 10.0 Å². The third kappa shape index (κ3) is 4.49. The molecule has 35 heavy (non-hydrogen) atoms. The van der Waals surface area contributed by atoms with Crippen LogP contribution in [0.3, 0.4) is 0 Å². The Morgan fingerprint density at radius 1 is 1.09 bits per heavy atom. The van der Waals surface area contributed by atoms with Gasteiger partial charge < -0.3 is 14.4 Å². The number of sulfonamides is 1. The van der Waals surface area contributed by atoms with Crippen LogP contribution in [0.1, 0.15) is 24.3 Å². The number of ether oxygens (including phenoxy) is 1. The Balaban J connectivity index is 1.41. The van der Waals surface area contributed by atoms with Crippen LogP contribution in [0.25, 0.3) is 11.1 Å². The highest BCUT2D eigenvalue weighted by atomic mass is 32.2. The Morgan fingerprint density at radius 2 is 1.86 bits per heavy atom. The first-order valence-electron chi connectivity index (χ1n) is 12.0. The number of rotatable bonds is 6. The summed E-state index contributed by atoms with van der Waals surface area (Å²) in [6, 6.07) is 16.3. The molecule has 0 aliphatic carbocycles. The molecular weight excluding hydrogens is 464 g/mol. The van der Waals surface area contributed by atoms with Crippen LogP contribution in [-0.2, 0) is 17.1 Å². The first-order chi connectivity index (χ1) is 16.9. The minimum Gasteiger partial charge on any atom is -0.497 e. The molecule has 0 bridgehead atoms. The highest BCUT2D eigenvalue weighted by Crippen LogP contribution is 2.43. The van der Waals surface area contributed by atoms with E-state index in [0.29, 0.717) is 13.1 Å². The summed E-state index contributed by atoms with van der Waals surface area (Å²) in [4.78, 5) is 6.39. The molecule has 0 amide bonds. The number of imidazole rings is 1. The van der Waals surface area contributed by atoms with E-state index in [-0.39, 0.29) is 29.6 Å². The van der Waals surface area contributed by atoms with E-state index in [4.69, 9.17) is 4.74 Å². The summed E-state index contributed by atoms with van der Waals surface area (Å²) in [6.07, 6.45) is 4.75. The molecule has 2 fully saturated rings. The minimum atomic E-state index is -3.68. The van der Waals surface area contributed by atoms with Crippen molar-refractivity contribution in [3.63, 3.8) is 0 Å². The molecule has 2 aromatic carbocycles. The smallest absolute Gasteiger partial charge is 0.262 e. The molecule has 9 heteroatoms. The van der Waals surface area contributed by atoms with Crippen LogP contribution < -0.4 is 4.74 Å². The lowest BCUT2D eigenvalue weighted by molar-refractivity contribution is -0.0554. The van der Waals surface area contributed by atoms with Gasteiger partial charge in [-0.1, -0.05) is 36.4 Å². The van der Waals surface area contributed by atoms with Gasteiger partial charge in [-0.15, -0.1) is 0 Å². The number of aromatic nitrogens is 2. The number of hydrogen-bond acceptors (Lipinski definition) is 6. The highest BCUT2D eigenvalue weighted by molar-refractivity contribution is 7.89. The van der Waals surface area contributed by atoms with Crippen molar-refractivity contribution in [2.24, 2.45) is 7.05 Å². The van der Waals surface area contributed by atoms with Gasteiger partial charge in [-0.25, -0.2) is 13.4 Å². The number of nitrogens with zero attached hydrogens (tertiary/aromatic N) is 4. The first kappa shape index (κ1) is 24.0. The summed E-state index contributed by atoms with van der Waals surface area (Å²) in [5.41, 5.74) is 3.28. The van der Waals surface area contributed by atoms with Crippen LogP contribution in [0.15, 0.2) is 66.1 Å². The molecule has 1 N–H and O–H groups in total. The predicted octanol–water partition coefficient (Wildman–Crippen LogP) is 2.71. The van der Waals surface area contributed by atoms with Gasteiger partial charge in [0.15, 0.2) is 5.03 Å². The zero-order chi connectivity index (χ0) is 24.6. The Bertz CT molecular complexity index is 1270. The highest BCUT2D eigenvalue weighted by Gasteiger charge is 2.50. The van der Waals surface area contributed by atoms with Crippen molar-refractivity contribution in [3.8, 4) is 16.9 Å². The Hall–Kier alpha value is -2.72. The molecule has 2 aliphatic heterocycles. The summed E-state index contributed by atoms with van der Waals surface area (Å²) in [5.74, 6) is 0.865. The molecule has 2 aliphatic rings. The third-order valence-corrected chi connectivity index (χ3v) is 9.07. The quantitative estimate of drug-likeness (QED) is 0.565. The number of benzene rings is 2. The van der Waals surface area contributed by atoms with E-state index in [1.54, 1.807) is 29.2 Å². The molecule has 0 radical (unpaired) electrons. The van der Waals surface area contributed by atoms with E-state index in [9.17, 15) is 13.5 Å². The predicted molar refractivity (Wildman–Crippen MR) is 134 cm³/mol. The number of methoxy groups -OCH3 is 1. The van der Waals surface area contributed by atoms with Crippen molar-refractivity contribution in [1.82, 2.24) is 18.8 Å². The Kier molecular flexibility index (Phi) is 6.67. The first-order valence-corrected chi connectivity index (χ1v) is 13.5. The van der Waals surface area contributed by atoms with Gasteiger partial charge in [-0.3, -0.25) is 4.90 Å². The topological polar surface area (TPSA) is 87.9 Å². The number of aryl methyl sites for hydroxylation is 1. The van der Waals surface area contributed by atoms with Crippen molar-refractivity contribution in [2.45, 2.75) is 35.9 Å². The van der Waals surface area contributed by atoms with Gasteiger partial charge in [-0.05, 0) is 48.2 Å². The van der Waals surface area contributed by atoms with Crippen molar-refractivity contribution < 1.29 is 18.3 Å². The van der Waals surface area contributed by atoms with Gasteiger partial charge in [0, 0.05) is 44.3 Å². The number of fused-ring (bicyclic) bond motifs is 1.